The zero-order valence-corrected chi connectivity index (χ0v) is 14.1. The number of rotatable bonds is 3. The Bertz CT molecular complexity index is 774. The molecule has 2 aromatic carbocycles. The van der Waals surface area contributed by atoms with Gasteiger partial charge in [-0.25, -0.2) is 0 Å². The topological polar surface area (TPSA) is 46.6 Å². The Balaban J connectivity index is 1.59. The van der Waals surface area contributed by atoms with E-state index in [0.717, 1.165) is 27.6 Å². The lowest BCUT2D eigenvalue weighted by molar-refractivity contribution is -0.149. The number of carbonyl (C=O) groups is 2. The van der Waals surface area contributed by atoms with Crippen LogP contribution < -0.4 is 4.90 Å². The molecule has 2 atom stereocenters. The van der Waals surface area contributed by atoms with Gasteiger partial charge >= 0.3 is 5.97 Å². The molecule has 1 saturated carbocycles. The maximum atomic E-state index is 12.8. The van der Waals surface area contributed by atoms with Gasteiger partial charge in [0.25, 0.3) is 5.91 Å². The lowest BCUT2D eigenvalue weighted by atomic mass is 10.2. The molecule has 4 rings (SSSR count). The summed E-state index contributed by atoms with van der Waals surface area (Å²) in [4.78, 5) is 28.4. The summed E-state index contributed by atoms with van der Waals surface area (Å²) in [6, 6.07) is 15.6. The number of fused-ring (bicyclic) bond motifs is 2. The SMILES string of the molecule is CC1CC1C(=O)OCC(=O)N1c2ccccc2Sc2ccccc21. The zero-order valence-electron chi connectivity index (χ0n) is 13.3. The Kier molecular flexibility index (Phi) is 3.81. The average Bonchev–Trinajstić information content (AvgIpc) is 3.34. The number of benzene rings is 2. The third kappa shape index (κ3) is 2.69. The minimum Gasteiger partial charge on any atom is -0.455 e. The van der Waals surface area contributed by atoms with Crippen molar-refractivity contribution in [2.45, 2.75) is 23.1 Å². The molecule has 0 bridgehead atoms. The van der Waals surface area contributed by atoms with Gasteiger partial charge in [-0.2, -0.15) is 0 Å². The molecule has 2 aromatic rings. The van der Waals surface area contributed by atoms with Crippen LogP contribution in [0.4, 0.5) is 11.4 Å². The predicted molar refractivity (Wildman–Crippen MR) is 92.4 cm³/mol. The maximum Gasteiger partial charge on any atom is 0.309 e. The van der Waals surface area contributed by atoms with Crippen molar-refractivity contribution in [1.82, 2.24) is 0 Å². The van der Waals surface area contributed by atoms with Gasteiger partial charge in [-0.15, -0.1) is 0 Å². The normalized spacial score (nSPS) is 20.8. The number of carbonyl (C=O) groups excluding carboxylic acids is 2. The minimum atomic E-state index is -0.260. The first kappa shape index (κ1) is 15.3. The molecule has 5 heteroatoms. The number of anilines is 2. The molecule has 2 unspecified atom stereocenters. The Morgan fingerprint density at radius 2 is 1.62 bits per heavy atom. The Hall–Kier alpha value is -2.27. The Labute approximate surface area is 144 Å². The van der Waals surface area contributed by atoms with Crippen molar-refractivity contribution in [3.8, 4) is 0 Å². The Morgan fingerprint density at radius 1 is 1.08 bits per heavy atom. The second kappa shape index (κ2) is 5.98. The third-order valence-corrected chi connectivity index (χ3v) is 5.56. The van der Waals surface area contributed by atoms with Gasteiger partial charge < -0.3 is 4.74 Å². The Morgan fingerprint density at radius 3 is 2.17 bits per heavy atom. The summed E-state index contributed by atoms with van der Waals surface area (Å²) in [6.45, 7) is 1.79. The minimum absolute atomic E-state index is 0.0331. The van der Waals surface area contributed by atoms with E-state index >= 15 is 0 Å². The summed E-state index contributed by atoms with van der Waals surface area (Å²) >= 11 is 1.64. The van der Waals surface area contributed by atoms with E-state index in [2.05, 4.69) is 0 Å². The summed E-state index contributed by atoms with van der Waals surface area (Å²) < 4.78 is 5.24. The fourth-order valence-electron chi connectivity index (χ4n) is 2.93. The largest absolute Gasteiger partial charge is 0.455 e. The second-order valence-electron chi connectivity index (χ2n) is 6.19. The molecule has 4 nitrogen and oxygen atoms in total. The predicted octanol–water partition coefficient (Wildman–Crippen LogP) is 4.02. The van der Waals surface area contributed by atoms with E-state index < -0.39 is 0 Å². The van der Waals surface area contributed by atoms with Gasteiger partial charge in [-0.05, 0) is 36.6 Å². The van der Waals surface area contributed by atoms with Crippen LogP contribution in [0.3, 0.4) is 0 Å². The molecule has 0 aromatic heterocycles. The lowest BCUT2D eigenvalue weighted by Crippen LogP contribution is -2.32. The molecule has 122 valence electrons. The number of hydrogen-bond donors (Lipinski definition) is 0. The molecule has 0 N–H and O–H groups in total. The molecule has 0 spiro atoms. The van der Waals surface area contributed by atoms with Crippen LogP contribution in [0.2, 0.25) is 0 Å². The first-order valence-electron chi connectivity index (χ1n) is 8.00. The number of amides is 1. The van der Waals surface area contributed by atoms with Crippen LogP contribution in [0, 0.1) is 11.8 Å². The van der Waals surface area contributed by atoms with Gasteiger partial charge in [0, 0.05) is 9.79 Å². The molecule has 1 aliphatic carbocycles. The number of nitrogens with zero attached hydrogens (tertiary/aromatic N) is 1. The number of esters is 1. The van der Waals surface area contributed by atoms with Gasteiger partial charge in [-0.1, -0.05) is 43.0 Å². The highest BCUT2D eigenvalue weighted by Gasteiger charge is 2.41. The van der Waals surface area contributed by atoms with Gasteiger partial charge in [0.2, 0.25) is 0 Å². The highest BCUT2D eigenvalue weighted by Crippen LogP contribution is 2.47. The molecular weight excluding hydrogens is 322 g/mol. The van der Waals surface area contributed by atoms with Crippen LogP contribution in [0.15, 0.2) is 58.3 Å². The fourth-order valence-corrected chi connectivity index (χ4v) is 3.99. The van der Waals surface area contributed by atoms with Gasteiger partial charge in [0.15, 0.2) is 6.61 Å². The van der Waals surface area contributed by atoms with Gasteiger partial charge in [0.05, 0.1) is 17.3 Å². The molecule has 0 radical (unpaired) electrons. The van der Waals surface area contributed by atoms with E-state index in [0.29, 0.717) is 5.92 Å². The zero-order chi connectivity index (χ0) is 16.7. The summed E-state index contributed by atoms with van der Waals surface area (Å²) in [6.07, 6.45) is 0.860. The van der Waals surface area contributed by atoms with E-state index in [1.165, 1.54) is 0 Å². The summed E-state index contributed by atoms with van der Waals surface area (Å²) in [5.74, 6) is -0.143. The maximum absolute atomic E-state index is 12.8. The van der Waals surface area contributed by atoms with Crippen LogP contribution in [-0.4, -0.2) is 18.5 Å². The van der Waals surface area contributed by atoms with Crippen molar-refractivity contribution < 1.29 is 14.3 Å². The van der Waals surface area contributed by atoms with Crippen LogP contribution in [0.1, 0.15) is 13.3 Å². The van der Waals surface area contributed by atoms with Crippen molar-refractivity contribution in [3.63, 3.8) is 0 Å². The first-order chi connectivity index (χ1) is 11.6. The highest BCUT2D eigenvalue weighted by atomic mass is 32.2. The monoisotopic (exact) mass is 339 g/mol. The quantitative estimate of drug-likeness (QED) is 0.793. The molecule has 24 heavy (non-hydrogen) atoms. The van der Waals surface area contributed by atoms with E-state index in [1.807, 2.05) is 55.5 Å². The lowest BCUT2D eigenvalue weighted by Gasteiger charge is -2.30. The van der Waals surface area contributed by atoms with Crippen LogP contribution in [0.5, 0.6) is 0 Å². The average molecular weight is 339 g/mol. The summed E-state index contributed by atoms with van der Waals surface area (Å²) in [5, 5.41) is 0. The molecule has 0 saturated heterocycles. The van der Waals surface area contributed by atoms with Crippen molar-refractivity contribution in [1.29, 1.82) is 0 Å². The van der Waals surface area contributed by atoms with E-state index in [4.69, 9.17) is 4.74 Å². The molecule has 2 aliphatic rings. The summed E-state index contributed by atoms with van der Waals surface area (Å²) in [7, 11) is 0. The van der Waals surface area contributed by atoms with Crippen molar-refractivity contribution in [2.24, 2.45) is 11.8 Å². The molecule has 1 amide bonds. The molecule has 1 aliphatic heterocycles. The van der Waals surface area contributed by atoms with Gasteiger partial charge in [0.1, 0.15) is 0 Å². The first-order valence-corrected chi connectivity index (χ1v) is 8.82. The smallest absolute Gasteiger partial charge is 0.309 e. The summed E-state index contributed by atoms with van der Waals surface area (Å²) in [5.41, 5.74) is 1.67. The standard InChI is InChI=1S/C19H17NO3S/c1-12-10-13(12)19(22)23-11-18(21)20-14-6-2-4-8-16(14)24-17-9-5-3-7-15(17)20/h2-9,12-13H,10-11H2,1H3. The highest BCUT2D eigenvalue weighted by molar-refractivity contribution is 7.99. The molecular formula is C19H17NO3S. The van der Waals surface area contributed by atoms with Crippen molar-refractivity contribution in [3.05, 3.63) is 48.5 Å². The van der Waals surface area contributed by atoms with Gasteiger partial charge in [-0.3, -0.25) is 14.5 Å². The van der Waals surface area contributed by atoms with Crippen LogP contribution in [-0.2, 0) is 14.3 Å². The van der Waals surface area contributed by atoms with Crippen LogP contribution in [0.25, 0.3) is 0 Å². The number of ether oxygens (including phenoxy) is 1. The van der Waals surface area contributed by atoms with Crippen LogP contribution >= 0.6 is 11.8 Å². The number of para-hydroxylation sites is 2. The number of hydrogen-bond acceptors (Lipinski definition) is 4. The van der Waals surface area contributed by atoms with E-state index in [1.54, 1.807) is 16.7 Å². The third-order valence-electron chi connectivity index (χ3n) is 4.43. The second-order valence-corrected chi connectivity index (χ2v) is 7.28. The molecule has 1 fully saturated rings. The fraction of sp³-hybridized carbons (Fsp3) is 0.263. The van der Waals surface area contributed by atoms with Crippen molar-refractivity contribution in [2.75, 3.05) is 11.5 Å². The molecule has 1 heterocycles. The van der Waals surface area contributed by atoms with E-state index in [9.17, 15) is 9.59 Å². The van der Waals surface area contributed by atoms with E-state index in [-0.39, 0.29) is 24.4 Å². The van der Waals surface area contributed by atoms with Crippen molar-refractivity contribution >= 4 is 35.0 Å².